The van der Waals surface area contributed by atoms with Crippen molar-refractivity contribution in [3.8, 4) is 34.1 Å². The van der Waals surface area contributed by atoms with Crippen molar-refractivity contribution in [3.63, 3.8) is 0 Å². The van der Waals surface area contributed by atoms with E-state index in [4.69, 9.17) is 9.72 Å². The molecular weight excluding hydrogens is 735 g/mol. The van der Waals surface area contributed by atoms with E-state index in [9.17, 15) is 0 Å². The maximum Gasteiger partial charge on any atom is 0.139 e. The molecule has 6 heteroatoms. The van der Waals surface area contributed by atoms with Crippen LogP contribution in [0, 0.1) is 0 Å². The predicted molar refractivity (Wildman–Crippen MR) is 247 cm³/mol. The normalized spacial score (nSPS) is 12.5. The maximum absolute atomic E-state index is 6.76. The van der Waals surface area contributed by atoms with Gasteiger partial charge in [0.15, 0.2) is 0 Å². The Morgan fingerprint density at radius 1 is 0.367 bits per heavy atom. The van der Waals surface area contributed by atoms with Crippen LogP contribution in [0.15, 0.2) is 212 Å². The maximum atomic E-state index is 6.76. The van der Waals surface area contributed by atoms with Gasteiger partial charge < -0.3 is 19.1 Å². The van der Waals surface area contributed by atoms with Crippen molar-refractivity contribution < 1.29 is 4.74 Å². The fraction of sp³-hybridized carbons (Fsp3) is 0.0185. The average molecular weight is 772 g/mol. The van der Waals surface area contributed by atoms with Crippen LogP contribution in [0.25, 0.3) is 66.2 Å². The lowest BCUT2D eigenvalue weighted by atomic mass is 10.0. The molecule has 12 rings (SSSR count). The van der Waals surface area contributed by atoms with Crippen molar-refractivity contribution in [2.45, 2.75) is 0 Å². The molecule has 3 aromatic heterocycles. The Morgan fingerprint density at radius 3 is 1.75 bits per heavy atom. The first-order valence-corrected chi connectivity index (χ1v) is 20.3. The molecule has 0 radical (unpaired) electrons. The first-order valence-electron chi connectivity index (χ1n) is 20.3. The van der Waals surface area contributed by atoms with E-state index < -0.39 is 0 Å². The summed E-state index contributed by atoms with van der Waals surface area (Å²) >= 11 is 0. The molecule has 0 unspecified atom stereocenters. The Kier molecular flexibility index (Phi) is 7.81. The minimum Gasteiger partial charge on any atom is -0.457 e. The quantitative estimate of drug-likeness (QED) is 0.162. The van der Waals surface area contributed by atoms with Crippen LogP contribution in [0.5, 0.6) is 11.5 Å². The van der Waals surface area contributed by atoms with Gasteiger partial charge in [0.1, 0.15) is 24.0 Å². The van der Waals surface area contributed by atoms with Gasteiger partial charge in [0.05, 0.1) is 33.4 Å². The van der Waals surface area contributed by atoms with Crippen molar-refractivity contribution >= 4 is 66.4 Å². The molecule has 0 amide bonds. The van der Waals surface area contributed by atoms with Crippen LogP contribution < -0.4 is 14.5 Å². The highest BCUT2D eigenvalue weighted by atomic mass is 16.5. The van der Waals surface area contributed by atoms with Gasteiger partial charge in [-0.3, -0.25) is 4.57 Å². The van der Waals surface area contributed by atoms with E-state index in [1.165, 1.54) is 22.2 Å². The van der Waals surface area contributed by atoms with Crippen LogP contribution in [0.3, 0.4) is 0 Å². The second-order valence-corrected chi connectivity index (χ2v) is 15.3. The lowest BCUT2D eigenvalue weighted by Crippen LogP contribution is -2.23. The summed E-state index contributed by atoms with van der Waals surface area (Å²) in [7, 11) is 0. The molecule has 0 saturated carbocycles. The first-order chi connectivity index (χ1) is 29.7. The van der Waals surface area contributed by atoms with Crippen LogP contribution in [0.4, 0.5) is 22.7 Å². The number of para-hydroxylation sites is 4. The van der Waals surface area contributed by atoms with E-state index in [2.05, 4.69) is 219 Å². The van der Waals surface area contributed by atoms with Crippen molar-refractivity contribution in [2.75, 3.05) is 16.5 Å². The number of fused-ring (bicyclic) bond motifs is 7. The molecule has 11 aromatic rings. The summed E-state index contributed by atoms with van der Waals surface area (Å²) in [5.74, 6) is 2.37. The zero-order chi connectivity index (χ0) is 39.6. The molecule has 0 N–H and O–H groups in total. The highest BCUT2D eigenvalue weighted by Crippen LogP contribution is 2.47. The summed E-state index contributed by atoms with van der Waals surface area (Å²) < 4.78 is 11.4. The second-order valence-electron chi connectivity index (χ2n) is 15.3. The number of nitrogens with zero attached hydrogens (tertiary/aromatic N) is 5. The molecule has 8 aromatic carbocycles. The molecule has 4 heterocycles. The molecule has 284 valence electrons. The fourth-order valence-corrected chi connectivity index (χ4v) is 9.06. The van der Waals surface area contributed by atoms with E-state index >= 15 is 0 Å². The monoisotopic (exact) mass is 771 g/mol. The Labute approximate surface area is 347 Å². The van der Waals surface area contributed by atoms with E-state index in [0.717, 1.165) is 78.3 Å². The summed E-state index contributed by atoms with van der Waals surface area (Å²) in [5, 5.41) is 4.60. The van der Waals surface area contributed by atoms with E-state index in [1.807, 2.05) is 12.3 Å². The number of rotatable bonds is 7. The van der Waals surface area contributed by atoms with Crippen molar-refractivity contribution in [1.82, 2.24) is 14.1 Å². The SMILES string of the molecule is c1ccc(-c2ccc3c(c2)N(c2ccccc2)CN3c2cccc(Oc3ccc4c5ccccc5n(-c5cc6c(cn5)c5ccccc5n6-c5ccccc5)c4c3)c2)cc1. The summed E-state index contributed by atoms with van der Waals surface area (Å²) in [6, 6.07) is 72.7. The van der Waals surface area contributed by atoms with Gasteiger partial charge in [-0.25, -0.2) is 4.98 Å². The summed E-state index contributed by atoms with van der Waals surface area (Å²) in [6.45, 7) is 0.674. The van der Waals surface area contributed by atoms with E-state index in [-0.39, 0.29) is 0 Å². The summed E-state index contributed by atoms with van der Waals surface area (Å²) in [5.41, 5.74) is 12.4. The number of benzene rings is 8. The number of ether oxygens (including phenoxy) is 1. The van der Waals surface area contributed by atoms with Gasteiger partial charge in [0.25, 0.3) is 0 Å². The Bertz CT molecular complexity index is 3390. The zero-order valence-electron chi connectivity index (χ0n) is 32.6. The fourth-order valence-electron chi connectivity index (χ4n) is 9.06. The third-order valence-corrected chi connectivity index (χ3v) is 11.8. The third-order valence-electron chi connectivity index (χ3n) is 11.8. The molecule has 1 aliphatic rings. The molecule has 60 heavy (non-hydrogen) atoms. The van der Waals surface area contributed by atoms with Crippen LogP contribution in [-0.4, -0.2) is 20.8 Å². The topological polar surface area (TPSA) is 38.5 Å². The smallest absolute Gasteiger partial charge is 0.139 e. The Morgan fingerprint density at radius 2 is 0.967 bits per heavy atom. The average Bonchev–Trinajstić information content (AvgIpc) is 3.97. The van der Waals surface area contributed by atoms with E-state index in [0.29, 0.717) is 6.67 Å². The second kappa shape index (κ2) is 13.8. The molecule has 0 saturated heterocycles. The number of anilines is 4. The largest absolute Gasteiger partial charge is 0.457 e. The molecular formula is C54H37N5O. The highest BCUT2D eigenvalue weighted by Gasteiger charge is 2.29. The lowest BCUT2D eigenvalue weighted by molar-refractivity contribution is 0.483. The molecule has 0 spiro atoms. The molecule has 0 fully saturated rings. The highest BCUT2D eigenvalue weighted by molar-refractivity contribution is 6.11. The number of aromatic nitrogens is 3. The van der Waals surface area contributed by atoms with Gasteiger partial charge in [0.2, 0.25) is 0 Å². The van der Waals surface area contributed by atoms with Crippen molar-refractivity contribution in [2.24, 2.45) is 0 Å². The van der Waals surface area contributed by atoms with Gasteiger partial charge in [-0.1, -0.05) is 115 Å². The van der Waals surface area contributed by atoms with Gasteiger partial charge in [-0.2, -0.15) is 0 Å². The van der Waals surface area contributed by atoms with Crippen molar-refractivity contribution in [3.05, 3.63) is 212 Å². The molecule has 6 nitrogen and oxygen atoms in total. The Balaban J connectivity index is 0.938. The van der Waals surface area contributed by atoms with Crippen LogP contribution >= 0.6 is 0 Å². The van der Waals surface area contributed by atoms with Gasteiger partial charge >= 0.3 is 0 Å². The number of hydrogen-bond donors (Lipinski definition) is 0. The standard InChI is InChI=1S/C54H37N5O/c1-4-15-37(16-5-1)38-27-30-50-53(31-38)56(39-17-6-2-7-18-39)36-57(50)41-21-14-22-42(32-41)60-43-28-29-46-44-23-10-13-26-49(44)59(51(46)33-43)54-34-52-47(35-55-54)45-24-11-12-25-48(45)58(52)40-19-8-3-9-20-40/h1-35H,36H2. The third kappa shape index (κ3) is 5.53. The Hall–Kier alpha value is -8.09. The number of hydrogen-bond acceptors (Lipinski definition) is 4. The predicted octanol–water partition coefficient (Wildman–Crippen LogP) is 14.0. The van der Waals surface area contributed by atoms with Gasteiger partial charge in [-0.15, -0.1) is 0 Å². The van der Waals surface area contributed by atoms with Gasteiger partial charge in [-0.05, 0) is 83.9 Å². The number of pyridine rings is 1. The van der Waals surface area contributed by atoms with Crippen LogP contribution in [0.2, 0.25) is 0 Å². The van der Waals surface area contributed by atoms with Crippen molar-refractivity contribution in [1.29, 1.82) is 0 Å². The summed E-state index contributed by atoms with van der Waals surface area (Å²) in [4.78, 5) is 9.89. The lowest BCUT2D eigenvalue weighted by Gasteiger charge is -2.22. The minimum atomic E-state index is 0.674. The van der Waals surface area contributed by atoms with Crippen LogP contribution in [0.1, 0.15) is 0 Å². The van der Waals surface area contributed by atoms with E-state index in [1.54, 1.807) is 0 Å². The molecule has 1 aliphatic heterocycles. The molecule has 0 bridgehead atoms. The molecule has 0 aliphatic carbocycles. The minimum absolute atomic E-state index is 0.674. The molecule has 0 atom stereocenters. The van der Waals surface area contributed by atoms with Crippen LogP contribution in [-0.2, 0) is 0 Å². The summed E-state index contributed by atoms with van der Waals surface area (Å²) in [6.07, 6.45) is 2.02. The van der Waals surface area contributed by atoms with Gasteiger partial charge in [0, 0.05) is 63.0 Å². The first kappa shape index (κ1) is 34.0. The zero-order valence-corrected chi connectivity index (χ0v) is 32.6.